The first-order valence-electron chi connectivity index (χ1n) is 7.79. The van der Waals surface area contributed by atoms with E-state index in [9.17, 15) is 4.79 Å². The van der Waals surface area contributed by atoms with Gasteiger partial charge in [0.1, 0.15) is 0 Å². The summed E-state index contributed by atoms with van der Waals surface area (Å²) in [7, 11) is 2.16. The van der Waals surface area contributed by atoms with Gasteiger partial charge >= 0.3 is 0 Å². The Bertz CT molecular complexity index is 536. The van der Waals surface area contributed by atoms with Crippen LogP contribution >= 0.6 is 0 Å². The average molecular weight is 288 g/mol. The number of hydrogen-bond donors (Lipinski definition) is 0. The maximum Gasteiger partial charge on any atom is 0.179 e. The van der Waals surface area contributed by atoms with Crippen molar-refractivity contribution in [3.05, 3.63) is 34.9 Å². The number of carbonyl (C=O) groups excluding carboxylic acids is 1. The third-order valence-electron chi connectivity index (χ3n) is 5.06. The minimum atomic E-state index is -0.0555. The number of carbonyl (C=O) groups is 1. The van der Waals surface area contributed by atoms with E-state index < -0.39 is 0 Å². The smallest absolute Gasteiger partial charge is 0.179 e. The van der Waals surface area contributed by atoms with E-state index >= 15 is 0 Å². The van der Waals surface area contributed by atoms with Crippen LogP contribution in [0.3, 0.4) is 0 Å². The largest absolute Gasteiger partial charge is 0.299 e. The Hall–Kier alpha value is -1.19. The van der Waals surface area contributed by atoms with Crippen LogP contribution in [0.15, 0.2) is 18.2 Å². The molecule has 0 aliphatic carbocycles. The third-order valence-corrected chi connectivity index (χ3v) is 5.06. The number of Topliss-reactive ketones (excluding diaryl/α,β-unsaturated/α-hetero) is 1. The molecule has 0 radical (unpaired) electrons. The van der Waals surface area contributed by atoms with E-state index in [-0.39, 0.29) is 17.4 Å². The monoisotopic (exact) mass is 288 g/mol. The minimum absolute atomic E-state index is 0.0555. The van der Waals surface area contributed by atoms with Crippen LogP contribution < -0.4 is 0 Å². The van der Waals surface area contributed by atoms with Gasteiger partial charge in [-0.05, 0) is 58.9 Å². The molecule has 0 saturated carbocycles. The molecular weight excluding hydrogens is 260 g/mol. The van der Waals surface area contributed by atoms with Gasteiger partial charge in [-0.15, -0.1) is 0 Å². The van der Waals surface area contributed by atoms with Crippen LogP contribution in [0.25, 0.3) is 0 Å². The lowest BCUT2D eigenvalue weighted by atomic mass is 9.95. The minimum Gasteiger partial charge on any atom is -0.299 e. The molecule has 0 N–H and O–H groups in total. The summed E-state index contributed by atoms with van der Waals surface area (Å²) in [5.41, 5.74) is 3.38. The zero-order valence-electron chi connectivity index (χ0n) is 14.2. The van der Waals surface area contributed by atoms with Gasteiger partial charge in [0.2, 0.25) is 0 Å². The number of nitrogens with zero attached hydrogens (tertiary/aromatic N) is 2. The van der Waals surface area contributed by atoms with Gasteiger partial charge in [-0.2, -0.15) is 0 Å². The van der Waals surface area contributed by atoms with Crippen molar-refractivity contribution in [2.45, 2.75) is 46.2 Å². The second kappa shape index (κ2) is 5.90. The summed E-state index contributed by atoms with van der Waals surface area (Å²) in [6.07, 6.45) is 0. The van der Waals surface area contributed by atoms with Gasteiger partial charge in [-0.1, -0.05) is 12.1 Å². The molecule has 1 aromatic rings. The lowest BCUT2D eigenvalue weighted by molar-refractivity contribution is 0.0212. The van der Waals surface area contributed by atoms with E-state index in [1.807, 2.05) is 25.1 Å². The molecule has 3 heteroatoms. The first kappa shape index (κ1) is 16.2. The van der Waals surface area contributed by atoms with Gasteiger partial charge in [-0.3, -0.25) is 14.6 Å². The second-order valence-electron chi connectivity index (χ2n) is 7.04. The van der Waals surface area contributed by atoms with Crippen LogP contribution in [0.5, 0.6) is 0 Å². The van der Waals surface area contributed by atoms with Crippen LogP contribution in [-0.2, 0) is 0 Å². The Balaban J connectivity index is 2.14. The van der Waals surface area contributed by atoms with Crippen molar-refractivity contribution in [2.75, 3.05) is 26.7 Å². The molecule has 1 saturated heterocycles. The van der Waals surface area contributed by atoms with Crippen molar-refractivity contribution < 1.29 is 4.79 Å². The fourth-order valence-electron chi connectivity index (χ4n) is 2.91. The van der Waals surface area contributed by atoms with Crippen LogP contribution in [0.4, 0.5) is 0 Å². The summed E-state index contributed by atoms with van der Waals surface area (Å²) in [6.45, 7) is 13.6. The number of ketones is 1. The Labute approximate surface area is 128 Å². The fraction of sp³-hybridized carbons (Fsp3) is 0.611. The molecule has 0 amide bonds. The van der Waals surface area contributed by atoms with E-state index in [0.29, 0.717) is 0 Å². The number of likely N-dealkylation sites (N-methyl/N-ethyl adjacent to an activating group) is 1. The standard InChI is InChI=1S/C18H28N2O/c1-13-7-8-16(11-14(13)2)17(21)15(3)20-10-9-19(6)18(4,5)12-20/h7-8,11,15H,9-10,12H2,1-6H3. The Kier molecular flexibility index (Phi) is 4.54. The second-order valence-corrected chi connectivity index (χ2v) is 7.04. The van der Waals surface area contributed by atoms with Crippen LogP contribution in [0, 0.1) is 13.8 Å². The number of rotatable bonds is 3. The van der Waals surface area contributed by atoms with E-state index in [2.05, 4.69) is 44.5 Å². The van der Waals surface area contributed by atoms with Crippen molar-refractivity contribution >= 4 is 5.78 Å². The van der Waals surface area contributed by atoms with E-state index in [1.54, 1.807) is 0 Å². The predicted octanol–water partition coefficient (Wildman–Crippen LogP) is 2.90. The fourth-order valence-corrected chi connectivity index (χ4v) is 2.91. The molecule has 1 atom stereocenters. The van der Waals surface area contributed by atoms with Gasteiger partial charge in [-0.25, -0.2) is 0 Å². The van der Waals surface area contributed by atoms with Crippen LogP contribution in [0.1, 0.15) is 42.3 Å². The normalized spacial score (nSPS) is 21.2. The highest BCUT2D eigenvalue weighted by atomic mass is 16.1. The average Bonchev–Trinajstić information content (AvgIpc) is 2.43. The Morgan fingerprint density at radius 3 is 2.43 bits per heavy atom. The van der Waals surface area contributed by atoms with Gasteiger partial charge in [0.25, 0.3) is 0 Å². The van der Waals surface area contributed by atoms with Crippen molar-refractivity contribution in [3.8, 4) is 0 Å². The zero-order valence-corrected chi connectivity index (χ0v) is 14.2. The highest BCUT2D eigenvalue weighted by Gasteiger charge is 2.35. The van der Waals surface area contributed by atoms with Gasteiger partial charge in [0, 0.05) is 30.7 Å². The third kappa shape index (κ3) is 3.35. The summed E-state index contributed by atoms with van der Waals surface area (Å²) in [6, 6.07) is 5.97. The Morgan fingerprint density at radius 2 is 1.86 bits per heavy atom. The maximum atomic E-state index is 12.7. The van der Waals surface area contributed by atoms with Crippen molar-refractivity contribution in [1.29, 1.82) is 0 Å². The molecule has 116 valence electrons. The summed E-state index contributed by atoms with van der Waals surface area (Å²) in [5, 5.41) is 0. The zero-order chi connectivity index (χ0) is 15.8. The molecule has 21 heavy (non-hydrogen) atoms. The summed E-state index contributed by atoms with van der Waals surface area (Å²) in [4.78, 5) is 17.4. The molecule has 1 fully saturated rings. The summed E-state index contributed by atoms with van der Waals surface area (Å²) >= 11 is 0. The molecular formula is C18H28N2O. The van der Waals surface area contributed by atoms with Crippen molar-refractivity contribution in [1.82, 2.24) is 9.80 Å². The molecule has 0 bridgehead atoms. The molecule has 3 nitrogen and oxygen atoms in total. The number of aryl methyl sites for hydroxylation is 2. The van der Waals surface area contributed by atoms with Crippen molar-refractivity contribution in [2.24, 2.45) is 0 Å². The topological polar surface area (TPSA) is 23.6 Å². The van der Waals surface area contributed by atoms with Gasteiger partial charge in [0.05, 0.1) is 6.04 Å². The SMILES string of the molecule is Cc1ccc(C(=O)C(C)N2CCN(C)C(C)(C)C2)cc1C. The molecule has 1 heterocycles. The number of benzene rings is 1. The first-order chi connectivity index (χ1) is 9.72. The van der Waals surface area contributed by atoms with Crippen LogP contribution in [-0.4, -0.2) is 53.8 Å². The van der Waals surface area contributed by atoms with Crippen LogP contribution in [0.2, 0.25) is 0 Å². The number of hydrogen-bond acceptors (Lipinski definition) is 3. The molecule has 0 spiro atoms. The summed E-state index contributed by atoms with van der Waals surface area (Å²) < 4.78 is 0. The Morgan fingerprint density at radius 1 is 1.19 bits per heavy atom. The maximum absolute atomic E-state index is 12.7. The lowest BCUT2D eigenvalue weighted by Gasteiger charge is -2.47. The summed E-state index contributed by atoms with van der Waals surface area (Å²) in [5.74, 6) is 0.235. The number of piperazine rings is 1. The van der Waals surface area contributed by atoms with E-state index in [1.165, 1.54) is 11.1 Å². The molecule has 1 aromatic carbocycles. The molecule has 2 rings (SSSR count). The highest BCUT2D eigenvalue weighted by Crippen LogP contribution is 2.22. The van der Waals surface area contributed by atoms with E-state index in [4.69, 9.17) is 0 Å². The van der Waals surface area contributed by atoms with Gasteiger partial charge < -0.3 is 0 Å². The molecule has 1 aliphatic rings. The van der Waals surface area contributed by atoms with Crippen molar-refractivity contribution in [3.63, 3.8) is 0 Å². The van der Waals surface area contributed by atoms with E-state index in [0.717, 1.165) is 25.2 Å². The quantitative estimate of drug-likeness (QED) is 0.799. The predicted molar refractivity (Wildman–Crippen MR) is 88.0 cm³/mol. The first-order valence-corrected chi connectivity index (χ1v) is 7.79. The highest BCUT2D eigenvalue weighted by molar-refractivity contribution is 6.00. The van der Waals surface area contributed by atoms with Gasteiger partial charge in [0.15, 0.2) is 5.78 Å². The molecule has 1 unspecified atom stereocenters. The molecule has 0 aromatic heterocycles. The molecule has 1 aliphatic heterocycles. The lowest BCUT2D eigenvalue weighted by Crippen LogP contribution is -2.60.